The van der Waals surface area contributed by atoms with Gasteiger partial charge in [0.2, 0.25) is 5.91 Å². The van der Waals surface area contributed by atoms with Crippen LogP contribution in [0.2, 0.25) is 0 Å². The quantitative estimate of drug-likeness (QED) is 0.772. The van der Waals surface area contributed by atoms with Crippen LogP contribution in [0.5, 0.6) is 0 Å². The second-order valence-electron chi connectivity index (χ2n) is 5.25. The van der Waals surface area contributed by atoms with Gasteiger partial charge in [0, 0.05) is 0 Å². The number of carbonyl (C=O) groups excluding carboxylic acids is 1. The number of hydrogen-bond donors (Lipinski definition) is 2. The van der Waals surface area contributed by atoms with E-state index >= 15 is 0 Å². The van der Waals surface area contributed by atoms with Crippen LogP contribution < -0.4 is 5.32 Å². The van der Waals surface area contributed by atoms with E-state index in [1.165, 1.54) is 12.8 Å². The van der Waals surface area contributed by atoms with E-state index in [-0.39, 0.29) is 24.4 Å². The number of carbonyl (C=O) groups is 2. The number of amides is 1. The summed E-state index contributed by atoms with van der Waals surface area (Å²) < 4.78 is 0. The van der Waals surface area contributed by atoms with Gasteiger partial charge in [0.1, 0.15) is 6.54 Å². The summed E-state index contributed by atoms with van der Waals surface area (Å²) in [6, 6.07) is -0.206. The SMILES string of the molecule is CC(C)C(C(=O)NCC(=O)O)N1CCCCCC1. The van der Waals surface area contributed by atoms with Crippen molar-refractivity contribution in [2.45, 2.75) is 45.6 Å². The maximum Gasteiger partial charge on any atom is 0.322 e. The molecule has 0 spiro atoms. The van der Waals surface area contributed by atoms with Crippen LogP contribution in [0.1, 0.15) is 39.5 Å². The molecule has 0 aromatic carbocycles. The Hall–Kier alpha value is -1.10. The van der Waals surface area contributed by atoms with Crippen molar-refractivity contribution >= 4 is 11.9 Å². The second-order valence-corrected chi connectivity index (χ2v) is 5.25. The molecule has 104 valence electrons. The Labute approximate surface area is 109 Å². The molecule has 5 heteroatoms. The molecule has 1 atom stereocenters. The maximum atomic E-state index is 12.1. The van der Waals surface area contributed by atoms with Crippen LogP contribution in [-0.2, 0) is 9.59 Å². The predicted octanol–water partition coefficient (Wildman–Crippen LogP) is 1.09. The number of rotatable bonds is 5. The van der Waals surface area contributed by atoms with E-state index in [1.54, 1.807) is 0 Å². The molecule has 1 unspecified atom stereocenters. The molecule has 5 nitrogen and oxygen atoms in total. The molecule has 1 fully saturated rings. The van der Waals surface area contributed by atoms with Crippen molar-refractivity contribution in [2.75, 3.05) is 19.6 Å². The molecule has 2 N–H and O–H groups in total. The topological polar surface area (TPSA) is 69.6 Å². The lowest BCUT2D eigenvalue weighted by atomic mass is 10.0. The Kier molecular flexibility index (Phi) is 6.12. The Balaban J connectivity index is 2.62. The molecule has 1 heterocycles. The fourth-order valence-corrected chi connectivity index (χ4v) is 2.53. The highest BCUT2D eigenvalue weighted by atomic mass is 16.4. The molecular weight excluding hydrogens is 232 g/mol. The number of carboxylic acid groups (broad SMARTS) is 1. The van der Waals surface area contributed by atoms with Gasteiger partial charge in [-0.25, -0.2) is 0 Å². The van der Waals surface area contributed by atoms with Crippen LogP contribution in [0.25, 0.3) is 0 Å². The monoisotopic (exact) mass is 256 g/mol. The first-order chi connectivity index (χ1) is 8.52. The Morgan fingerprint density at radius 2 is 1.72 bits per heavy atom. The van der Waals surface area contributed by atoms with E-state index < -0.39 is 5.97 Å². The minimum absolute atomic E-state index is 0.158. The normalized spacial score (nSPS) is 19.3. The molecule has 0 radical (unpaired) electrons. The summed E-state index contributed by atoms with van der Waals surface area (Å²) in [4.78, 5) is 24.8. The first-order valence-electron chi connectivity index (χ1n) is 6.76. The molecule has 1 saturated heterocycles. The van der Waals surface area contributed by atoms with Crippen molar-refractivity contribution in [3.8, 4) is 0 Å². The summed E-state index contributed by atoms with van der Waals surface area (Å²) >= 11 is 0. The second kappa shape index (κ2) is 7.36. The number of nitrogens with zero attached hydrogens (tertiary/aromatic N) is 1. The third-order valence-electron chi connectivity index (χ3n) is 3.35. The number of likely N-dealkylation sites (tertiary alicyclic amines) is 1. The van der Waals surface area contributed by atoms with Gasteiger partial charge in [-0.2, -0.15) is 0 Å². The van der Waals surface area contributed by atoms with Crippen LogP contribution in [0.3, 0.4) is 0 Å². The minimum atomic E-state index is -0.998. The molecule has 0 saturated carbocycles. The highest BCUT2D eigenvalue weighted by molar-refractivity contribution is 5.85. The molecule has 0 aliphatic carbocycles. The molecule has 1 aliphatic heterocycles. The summed E-state index contributed by atoms with van der Waals surface area (Å²) in [5.41, 5.74) is 0. The smallest absolute Gasteiger partial charge is 0.322 e. The lowest BCUT2D eigenvalue weighted by molar-refractivity contribution is -0.139. The van der Waals surface area contributed by atoms with Crippen LogP contribution in [0.15, 0.2) is 0 Å². The van der Waals surface area contributed by atoms with Gasteiger partial charge in [-0.05, 0) is 31.8 Å². The van der Waals surface area contributed by atoms with Gasteiger partial charge < -0.3 is 10.4 Å². The summed E-state index contributed by atoms with van der Waals surface area (Å²) in [5.74, 6) is -0.965. The Bertz CT molecular complexity index is 284. The summed E-state index contributed by atoms with van der Waals surface area (Å²) in [6.07, 6.45) is 4.68. The zero-order valence-electron chi connectivity index (χ0n) is 11.3. The van der Waals surface area contributed by atoms with Crippen molar-refractivity contribution in [1.29, 1.82) is 0 Å². The lowest BCUT2D eigenvalue weighted by Gasteiger charge is -2.32. The molecule has 0 bridgehead atoms. The Morgan fingerprint density at radius 3 is 2.17 bits per heavy atom. The standard InChI is InChI=1S/C13H24N2O3/c1-10(2)12(13(18)14-9-11(16)17)15-7-5-3-4-6-8-15/h10,12H,3-9H2,1-2H3,(H,14,18)(H,16,17). The third kappa shape index (κ3) is 4.64. The van der Waals surface area contributed by atoms with Crippen LogP contribution in [0.4, 0.5) is 0 Å². The molecule has 1 aliphatic rings. The van der Waals surface area contributed by atoms with Crippen molar-refractivity contribution in [3.05, 3.63) is 0 Å². The predicted molar refractivity (Wildman–Crippen MR) is 69.3 cm³/mol. The fourth-order valence-electron chi connectivity index (χ4n) is 2.53. The first-order valence-corrected chi connectivity index (χ1v) is 6.76. The molecule has 18 heavy (non-hydrogen) atoms. The Morgan fingerprint density at radius 1 is 1.17 bits per heavy atom. The van der Waals surface area contributed by atoms with Gasteiger partial charge in [-0.15, -0.1) is 0 Å². The third-order valence-corrected chi connectivity index (χ3v) is 3.35. The van der Waals surface area contributed by atoms with E-state index in [2.05, 4.69) is 10.2 Å². The van der Waals surface area contributed by atoms with Gasteiger partial charge in [-0.3, -0.25) is 14.5 Å². The average molecular weight is 256 g/mol. The van der Waals surface area contributed by atoms with Gasteiger partial charge >= 0.3 is 5.97 Å². The van der Waals surface area contributed by atoms with Crippen LogP contribution >= 0.6 is 0 Å². The van der Waals surface area contributed by atoms with Crippen molar-refractivity contribution in [1.82, 2.24) is 10.2 Å². The van der Waals surface area contributed by atoms with E-state index in [1.807, 2.05) is 13.8 Å². The van der Waals surface area contributed by atoms with E-state index in [0.29, 0.717) is 0 Å². The number of carboxylic acids is 1. The van der Waals surface area contributed by atoms with Crippen molar-refractivity contribution < 1.29 is 14.7 Å². The molecule has 0 aromatic rings. The van der Waals surface area contributed by atoms with Crippen molar-refractivity contribution in [2.24, 2.45) is 5.92 Å². The average Bonchev–Trinajstić information content (AvgIpc) is 2.55. The van der Waals surface area contributed by atoms with E-state index in [0.717, 1.165) is 25.9 Å². The maximum absolute atomic E-state index is 12.1. The first kappa shape index (κ1) is 15.0. The molecule has 0 aromatic heterocycles. The number of hydrogen-bond acceptors (Lipinski definition) is 3. The van der Waals surface area contributed by atoms with Gasteiger partial charge in [0.15, 0.2) is 0 Å². The lowest BCUT2D eigenvalue weighted by Crippen LogP contribution is -2.51. The largest absolute Gasteiger partial charge is 0.480 e. The minimum Gasteiger partial charge on any atom is -0.480 e. The summed E-state index contributed by atoms with van der Waals surface area (Å²) in [5, 5.41) is 11.1. The van der Waals surface area contributed by atoms with E-state index in [9.17, 15) is 9.59 Å². The zero-order chi connectivity index (χ0) is 13.5. The number of aliphatic carboxylic acids is 1. The summed E-state index contributed by atoms with van der Waals surface area (Å²) in [6.45, 7) is 5.59. The van der Waals surface area contributed by atoms with Gasteiger partial charge in [0.25, 0.3) is 0 Å². The highest BCUT2D eigenvalue weighted by Crippen LogP contribution is 2.17. The van der Waals surface area contributed by atoms with Crippen molar-refractivity contribution in [3.63, 3.8) is 0 Å². The molecule has 1 rings (SSSR count). The molecular formula is C13H24N2O3. The zero-order valence-corrected chi connectivity index (χ0v) is 11.3. The number of nitrogens with one attached hydrogen (secondary N) is 1. The summed E-state index contributed by atoms with van der Waals surface area (Å²) in [7, 11) is 0. The van der Waals surface area contributed by atoms with Crippen LogP contribution in [-0.4, -0.2) is 47.6 Å². The van der Waals surface area contributed by atoms with Crippen LogP contribution in [0, 0.1) is 5.92 Å². The van der Waals surface area contributed by atoms with Gasteiger partial charge in [0.05, 0.1) is 6.04 Å². The fraction of sp³-hybridized carbons (Fsp3) is 0.846. The van der Waals surface area contributed by atoms with E-state index in [4.69, 9.17) is 5.11 Å². The molecule has 1 amide bonds. The van der Waals surface area contributed by atoms with Gasteiger partial charge in [-0.1, -0.05) is 26.7 Å². The highest BCUT2D eigenvalue weighted by Gasteiger charge is 2.29.